The van der Waals surface area contributed by atoms with E-state index in [0.29, 0.717) is 12.6 Å². The first-order valence-corrected chi connectivity index (χ1v) is 14.4. The molecule has 204 valence electrons. The van der Waals surface area contributed by atoms with E-state index in [2.05, 4.69) is 41.3 Å². The van der Waals surface area contributed by atoms with Crippen LogP contribution in [0.3, 0.4) is 0 Å². The van der Waals surface area contributed by atoms with Crippen LogP contribution in [0.4, 0.5) is 16.8 Å². The number of hydrogen-bond acceptors (Lipinski definition) is 9. The van der Waals surface area contributed by atoms with Crippen LogP contribution in [0.25, 0.3) is 27.0 Å². The number of fused-ring (bicyclic) bond motifs is 2. The fourth-order valence-corrected chi connectivity index (χ4v) is 6.32. The normalized spacial score (nSPS) is 16.9. The van der Waals surface area contributed by atoms with Crippen LogP contribution in [0.5, 0.6) is 0 Å². The van der Waals surface area contributed by atoms with Crippen LogP contribution in [0.2, 0.25) is 0 Å². The monoisotopic (exact) mass is 545 g/mol. The van der Waals surface area contributed by atoms with Crippen LogP contribution < -0.4 is 16.0 Å². The molecule has 1 saturated heterocycles. The predicted molar refractivity (Wildman–Crippen MR) is 158 cm³/mol. The molecule has 10 nitrogen and oxygen atoms in total. The summed E-state index contributed by atoms with van der Waals surface area (Å²) in [6.45, 7) is 10.8. The standard InChI is InChI=1S/C28H35N9OS/c1-5-38-18(4)36-15-19(14-30-36)22-9-11-25-33-27(34-37(25)26(22)17(2)3)31-21-7-6-12-35(16-21)28-32-23-13-20(29)8-10-24(23)39-28/h8-11,13-15,17-18,21H,5-7,12,16,29H2,1-4H3,(H,31,34). The maximum atomic E-state index is 5.96. The zero-order valence-corrected chi connectivity index (χ0v) is 23.6. The molecule has 2 atom stereocenters. The summed E-state index contributed by atoms with van der Waals surface area (Å²) in [6.07, 6.45) is 5.95. The first kappa shape index (κ1) is 25.6. The second-order valence-electron chi connectivity index (χ2n) is 10.4. The Hall–Kier alpha value is -3.70. The van der Waals surface area contributed by atoms with Gasteiger partial charge in [-0.2, -0.15) is 10.1 Å². The lowest BCUT2D eigenvalue weighted by Gasteiger charge is -2.32. The van der Waals surface area contributed by atoms with Gasteiger partial charge in [-0.05, 0) is 62.9 Å². The largest absolute Gasteiger partial charge is 0.399 e. The fraction of sp³-hybridized carbons (Fsp3) is 0.429. The minimum atomic E-state index is -0.117. The van der Waals surface area contributed by atoms with Gasteiger partial charge < -0.3 is 20.7 Å². The Labute approximate surface area is 231 Å². The summed E-state index contributed by atoms with van der Waals surface area (Å²) >= 11 is 1.72. The Balaban J connectivity index is 1.24. The molecule has 0 saturated carbocycles. The summed E-state index contributed by atoms with van der Waals surface area (Å²) < 4.78 is 10.7. The van der Waals surface area contributed by atoms with Crippen molar-refractivity contribution < 1.29 is 4.74 Å². The van der Waals surface area contributed by atoms with Gasteiger partial charge in [0.1, 0.15) is 6.23 Å². The van der Waals surface area contributed by atoms with Crippen molar-refractivity contribution in [2.24, 2.45) is 0 Å². The number of thiazole rings is 1. The number of nitrogens with two attached hydrogens (primary N) is 1. The number of nitrogen functional groups attached to an aromatic ring is 1. The number of anilines is 3. The average molecular weight is 546 g/mol. The summed E-state index contributed by atoms with van der Waals surface area (Å²) in [5.41, 5.74) is 11.7. The molecular weight excluding hydrogens is 510 g/mol. The molecule has 2 unspecified atom stereocenters. The van der Waals surface area contributed by atoms with Gasteiger partial charge in [0.05, 0.1) is 22.1 Å². The van der Waals surface area contributed by atoms with Gasteiger partial charge in [-0.3, -0.25) is 0 Å². The lowest BCUT2D eigenvalue weighted by atomic mass is 10.00. The number of ether oxygens (including phenoxy) is 1. The highest BCUT2D eigenvalue weighted by Gasteiger charge is 2.24. The van der Waals surface area contributed by atoms with Gasteiger partial charge in [0.15, 0.2) is 10.8 Å². The van der Waals surface area contributed by atoms with Gasteiger partial charge in [0.25, 0.3) is 0 Å². The number of pyridine rings is 1. The maximum Gasteiger partial charge on any atom is 0.243 e. The molecule has 4 aromatic heterocycles. The van der Waals surface area contributed by atoms with Crippen LogP contribution >= 0.6 is 11.3 Å². The van der Waals surface area contributed by atoms with Crippen LogP contribution in [0.15, 0.2) is 42.7 Å². The highest BCUT2D eigenvalue weighted by atomic mass is 32.1. The third kappa shape index (κ3) is 5.04. The van der Waals surface area contributed by atoms with Crippen molar-refractivity contribution in [1.29, 1.82) is 0 Å². The summed E-state index contributed by atoms with van der Waals surface area (Å²) in [7, 11) is 0. The van der Waals surface area contributed by atoms with Crippen LogP contribution in [0, 0.1) is 0 Å². The summed E-state index contributed by atoms with van der Waals surface area (Å²) in [4.78, 5) is 12.0. The number of piperidine rings is 1. The van der Waals surface area contributed by atoms with Gasteiger partial charge in [0, 0.05) is 48.7 Å². The molecule has 3 N–H and O–H groups in total. The van der Waals surface area contributed by atoms with Gasteiger partial charge in [-0.1, -0.05) is 25.2 Å². The lowest BCUT2D eigenvalue weighted by molar-refractivity contribution is 0.0160. The molecule has 0 radical (unpaired) electrons. The highest BCUT2D eigenvalue weighted by Crippen LogP contribution is 2.33. The molecule has 0 amide bonds. The van der Waals surface area contributed by atoms with E-state index in [1.807, 2.05) is 53.6 Å². The van der Waals surface area contributed by atoms with Gasteiger partial charge >= 0.3 is 0 Å². The molecule has 0 bridgehead atoms. The molecular formula is C28H35N9OS. The minimum Gasteiger partial charge on any atom is -0.399 e. The Morgan fingerprint density at radius 1 is 1.18 bits per heavy atom. The number of aromatic nitrogens is 6. The molecule has 1 aliphatic heterocycles. The van der Waals surface area contributed by atoms with Crippen molar-refractivity contribution in [2.75, 3.05) is 35.6 Å². The van der Waals surface area contributed by atoms with Crippen LogP contribution in [0.1, 0.15) is 58.4 Å². The maximum absolute atomic E-state index is 5.96. The number of nitrogens with one attached hydrogen (secondary N) is 1. The Kier molecular flexibility index (Phi) is 6.86. The van der Waals surface area contributed by atoms with Crippen molar-refractivity contribution in [3.63, 3.8) is 0 Å². The smallest absolute Gasteiger partial charge is 0.243 e. The summed E-state index contributed by atoms with van der Waals surface area (Å²) in [6, 6.07) is 10.3. The highest BCUT2D eigenvalue weighted by molar-refractivity contribution is 7.22. The second-order valence-corrected chi connectivity index (χ2v) is 11.4. The average Bonchev–Trinajstić information content (AvgIpc) is 3.66. The lowest BCUT2D eigenvalue weighted by Crippen LogP contribution is -2.42. The van der Waals surface area contributed by atoms with Gasteiger partial charge in [0.2, 0.25) is 5.95 Å². The molecule has 1 aliphatic rings. The number of nitrogens with zero attached hydrogens (tertiary/aromatic N) is 7. The molecule has 5 aromatic rings. The van der Waals surface area contributed by atoms with Crippen molar-refractivity contribution >= 4 is 44.0 Å². The molecule has 5 heterocycles. The van der Waals surface area contributed by atoms with E-state index in [0.717, 1.165) is 69.4 Å². The SMILES string of the molecule is CCOC(C)n1cc(-c2ccc3nc(NC4CCCN(c5nc6cc(N)ccc6s5)C4)nn3c2C(C)C)cn1. The van der Waals surface area contributed by atoms with E-state index >= 15 is 0 Å². The molecule has 6 rings (SSSR count). The number of rotatable bonds is 8. The van der Waals surface area contributed by atoms with Crippen molar-refractivity contribution in [3.8, 4) is 11.1 Å². The quantitative estimate of drug-likeness (QED) is 0.244. The first-order chi connectivity index (χ1) is 18.9. The van der Waals surface area contributed by atoms with E-state index in [9.17, 15) is 0 Å². The molecule has 39 heavy (non-hydrogen) atoms. The zero-order valence-electron chi connectivity index (χ0n) is 22.8. The zero-order chi connectivity index (χ0) is 27.1. The number of benzene rings is 1. The van der Waals surface area contributed by atoms with Crippen molar-refractivity contribution in [1.82, 2.24) is 29.4 Å². The van der Waals surface area contributed by atoms with E-state index in [1.54, 1.807) is 11.3 Å². The van der Waals surface area contributed by atoms with Crippen molar-refractivity contribution in [2.45, 2.75) is 58.7 Å². The first-order valence-electron chi connectivity index (χ1n) is 13.6. The minimum absolute atomic E-state index is 0.117. The molecule has 0 aliphatic carbocycles. The Morgan fingerprint density at radius 3 is 2.87 bits per heavy atom. The molecule has 11 heteroatoms. The topological polar surface area (TPSA) is 111 Å². The molecule has 1 aromatic carbocycles. The third-order valence-electron chi connectivity index (χ3n) is 7.20. The Bertz CT molecular complexity index is 1600. The molecule has 1 fully saturated rings. The fourth-order valence-electron chi connectivity index (χ4n) is 5.34. The number of hydrogen-bond donors (Lipinski definition) is 2. The van der Waals surface area contributed by atoms with E-state index in [1.165, 1.54) is 0 Å². The predicted octanol–water partition coefficient (Wildman–Crippen LogP) is 5.54. The van der Waals surface area contributed by atoms with Crippen LogP contribution in [-0.2, 0) is 4.74 Å². The molecule has 0 spiro atoms. The van der Waals surface area contributed by atoms with Crippen LogP contribution in [-0.4, -0.2) is 55.1 Å². The van der Waals surface area contributed by atoms with Gasteiger partial charge in [-0.15, -0.1) is 5.10 Å². The van der Waals surface area contributed by atoms with Crippen molar-refractivity contribution in [3.05, 3.63) is 48.4 Å². The third-order valence-corrected chi connectivity index (χ3v) is 8.30. The van der Waals surface area contributed by atoms with E-state index in [4.69, 9.17) is 25.5 Å². The summed E-state index contributed by atoms with van der Waals surface area (Å²) in [5, 5.41) is 14.1. The Morgan fingerprint density at radius 2 is 2.05 bits per heavy atom. The van der Waals surface area contributed by atoms with E-state index < -0.39 is 0 Å². The second kappa shape index (κ2) is 10.5. The summed E-state index contributed by atoms with van der Waals surface area (Å²) in [5.74, 6) is 0.891. The van der Waals surface area contributed by atoms with E-state index in [-0.39, 0.29) is 18.2 Å². The van der Waals surface area contributed by atoms with Gasteiger partial charge in [-0.25, -0.2) is 14.2 Å².